The van der Waals surface area contributed by atoms with Gasteiger partial charge in [-0.15, -0.1) is 19.7 Å². The summed E-state index contributed by atoms with van der Waals surface area (Å²) in [6, 6.07) is 0.814. The largest absolute Gasteiger partial charge is 0.501 e. The van der Waals surface area contributed by atoms with Gasteiger partial charge in [0.2, 0.25) is 0 Å². The Labute approximate surface area is 151 Å². The Morgan fingerprint density at radius 1 is 0.917 bits per heavy atom. The van der Waals surface area contributed by atoms with Crippen molar-refractivity contribution in [3.05, 3.63) is 38.0 Å². The molecule has 0 fully saturated rings. The zero-order chi connectivity index (χ0) is 18.5. The monoisotopic (exact) mass is 354 g/mol. The second kappa shape index (κ2) is 12.6. The molecule has 0 bridgehead atoms. The molecule has 24 heavy (non-hydrogen) atoms. The quantitative estimate of drug-likeness (QED) is 0.254. The summed E-state index contributed by atoms with van der Waals surface area (Å²) in [6.07, 6.45) is 10.8. The van der Waals surface area contributed by atoms with Crippen molar-refractivity contribution in [3.63, 3.8) is 0 Å². The Morgan fingerprint density at radius 2 is 1.38 bits per heavy atom. The third kappa shape index (κ3) is 7.93. The van der Waals surface area contributed by atoms with Gasteiger partial charge >= 0.3 is 8.80 Å². The van der Waals surface area contributed by atoms with Crippen LogP contribution in [-0.4, -0.2) is 28.1 Å². The summed E-state index contributed by atoms with van der Waals surface area (Å²) in [4.78, 5) is 0. The first-order valence-electron chi connectivity index (χ1n) is 9.25. The molecular weight excluding hydrogens is 316 g/mol. The third-order valence-corrected chi connectivity index (χ3v) is 7.46. The van der Waals surface area contributed by atoms with E-state index in [1.807, 2.05) is 32.1 Å². The van der Waals surface area contributed by atoms with Crippen molar-refractivity contribution in [3.8, 4) is 0 Å². The molecule has 0 aliphatic rings. The van der Waals surface area contributed by atoms with Gasteiger partial charge in [-0.2, -0.15) is 0 Å². The van der Waals surface area contributed by atoms with Crippen molar-refractivity contribution in [1.82, 2.24) is 0 Å². The fraction of sp³-hybridized carbons (Fsp3) is 0.700. The lowest BCUT2D eigenvalue weighted by atomic mass is 9.76. The Hall–Kier alpha value is -0.683. The Morgan fingerprint density at radius 3 is 1.71 bits per heavy atom. The lowest BCUT2D eigenvalue weighted by Gasteiger charge is -2.36. The summed E-state index contributed by atoms with van der Waals surface area (Å²) in [7, 11) is -2.68. The maximum absolute atomic E-state index is 6.31. The predicted octanol–water partition coefficient (Wildman–Crippen LogP) is 5.92. The lowest BCUT2D eigenvalue weighted by molar-refractivity contribution is 0.0337. The molecule has 0 radical (unpaired) electrons. The average Bonchev–Trinajstić information content (AvgIpc) is 2.54. The molecule has 4 heteroatoms. The maximum atomic E-state index is 6.31. The molecule has 0 saturated carbocycles. The third-order valence-electron chi connectivity index (χ3n) is 4.38. The molecule has 0 saturated heterocycles. The highest BCUT2D eigenvalue weighted by Gasteiger charge is 2.44. The van der Waals surface area contributed by atoms with Crippen LogP contribution in [0.5, 0.6) is 0 Å². The van der Waals surface area contributed by atoms with Crippen LogP contribution in [0.4, 0.5) is 0 Å². The van der Waals surface area contributed by atoms with Crippen LogP contribution in [0.3, 0.4) is 0 Å². The normalized spacial score (nSPS) is 13.5. The Balaban J connectivity index is 5.35. The van der Waals surface area contributed by atoms with E-state index >= 15 is 0 Å². The van der Waals surface area contributed by atoms with Crippen LogP contribution < -0.4 is 0 Å². The van der Waals surface area contributed by atoms with E-state index < -0.39 is 8.80 Å². The van der Waals surface area contributed by atoms with Gasteiger partial charge in [-0.3, -0.25) is 0 Å². The molecule has 1 atom stereocenters. The molecule has 0 aromatic heterocycles. The SMILES string of the molecule is C=CCC(CC=C)(CC=C)CC[Si](OCC)(OCC)OC(C)CC. The molecule has 0 aliphatic heterocycles. The number of rotatable bonds is 16. The highest BCUT2D eigenvalue weighted by molar-refractivity contribution is 6.60. The molecule has 1 unspecified atom stereocenters. The second-order valence-corrected chi connectivity index (χ2v) is 9.04. The zero-order valence-electron chi connectivity index (χ0n) is 16.3. The van der Waals surface area contributed by atoms with Gasteiger partial charge in [0.25, 0.3) is 0 Å². The molecule has 0 heterocycles. The van der Waals surface area contributed by atoms with E-state index in [1.54, 1.807) is 0 Å². The summed E-state index contributed by atoms with van der Waals surface area (Å²) in [5, 5.41) is 0. The first-order valence-corrected chi connectivity index (χ1v) is 11.2. The van der Waals surface area contributed by atoms with Crippen molar-refractivity contribution in [1.29, 1.82) is 0 Å². The van der Waals surface area contributed by atoms with Crippen LogP contribution >= 0.6 is 0 Å². The van der Waals surface area contributed by atoms with Crippen LogP contribution in [0.15, 0.2) is 38.0 Å². The molecule has 0 spiro atoms. The van der Waals surface area contributed by atoms with Gasteiger partial charge < -0.3 is 13.3 Å². The summed E-state index contributed by atoms with van der Waals surface area (Å²) >= 11 is 0. The molecule has 140 valence electrons. The van der Waals surface area contributed by atoms with Gasteiger partial charge in [-0.05, 0) is 58.3 Å². The fourth-order valence-electron chi connectivity index (χ4n) is 3.04. The first-order chi connectivity index (χ1) is 11.5. The molecular formula is C20H38O3Si. The molecule has 0 aromatic rings. The number of hydrogen-bond donors (Lipinski definition) is 0. The first kappa shape index (κ1) is 23.3. The molecule has 3 nitrogen and oxygen atoms in total. The highest BCUT2D eigenvalue weighted by Crippen LogP contribution is 2.40. The van der Waals surface area contributed by atoms with Crippen LogP contribution in [0.1, 0.15) is 59.8 Å². The van der Waals surface area contributed by atoms with Crippen molar-refractivity contribution in [2.75, 3.05) is 13.2 Å². The maximum Gasteiger partial charge on any atom is 0.501 e. The highest BCUT2D eigenvalue weighted by atomic mass is 28.4. The minimum Gasteiger partial charge on any atom is -0.374 e. The summed E-state index contributed by atoms with van der Waals surface area (Å²) < 4.78 is 18.5. The second-order valence-electron chi connectivity index (χ2n) is 6.36. The number of allylic oxidation sites excluding steroid dienone is 3. The Bertz CT molecular complexity index is 335. The van der Waals surface area contributed by atoms with Crippen LogP contribution in [-0.2, 0) is 13.3 Å². The minimum absolute atomic E-state index is 0.0799. The summed E-state index contributed by atoms with van der Waals surface area (Å²) in [5.74, 6) is 0. The van der Waals surface area contributed by atoms with Gasteiger partial charge in [-0.25, -0.2) is 0 Å². The smallest absolute Gasteiger partial charge is 0.374 e. The van der Waals surface area contributed by atoms with Gasteiger partial charge in [0.1, 0.15) is 0 Å². The topological polar surface area (TPSA) is 27.7 Å². The molecule has 0 aromatic carbocycles. The van der Waals surface area contributed by atoms with E-state index in [9.17, 15) is 0 Å². The summed E-state index contributed by atoms with van der Waals surface area (Å²) in [6.45, 7) is 21.3. The van der Waals surface area contributed by atoms with Crippen molar-refractivity contribution in [2.24, 2.45) is 5.41 Å². The lowest BCUT2D eigenvalue weighted by Crippen LogP contribution is -2.48. The zero-order valence-corrected chi connectivity index (χ0v) is 17.3. The van der Waals surface area contributed by atoms with Crippen LogP contribution in [0, 0.1) is 5.41 Å². The van der Waals surface area contributed by atoms with Crippen molar-refractivity contribution >= 4 is 8.80 Å². The van der Waals surface area contributed by atoms with Gasteiger partial charge in [-0.1, -0.05) is 25.2 Å². The summed E-state index contributed by atoms with van der Waals surface area (Å²) in [5.41, 5.74) is 0.0799. The van der Waals surface area contributed by atoms with E-state index in [1.165, 1.54) is 0 Å². The van der Waals surface area contributed by atoms with E-state index in [4.69, 9.17) is 13.3 Å². The van der Waals surface area contributed by atoms with E-state index in [-0.39, 0.29) is 11.5 Å². The van der Waals surface area contributed by atoms with Crippen LogP contribution in [0.25, 0.3) is 0 Å². The molecule has 0 aliphatic carbocycles. The predicted molar refractivity (Wildman–Crippen MR) is 106 cm³/mol. The Kier molecular flexibility index (Phi) is 12.3. The van der Waals surface area contributed by atoms with Gasteiger partial charge in [0, 0.05) is 25.4 Å². The van der Waals surface area contributed by atoms with E-state index in [2.05, 4.69) is 33.6 Å². The van der Waals surface area contributed by atoms with E-state index in [0.717, 1.165) is 38.1 Å². The van der Waals surface area contributed by atoms with Gasteiger partial charge in [0.05, 0.1) is 0 Å². The van der Waals surface area contributed by atoms with Gasteiger partial charge in [0.15, 0.2) is 0 Å². The van der Waals surface area contributed by atoms with Crippen LogP contribution in [0.2, 0.25) is 6.04 Å². The molecule has 0 amide bonds. The molecule has 0 rings (SSSR count). The van der Waals surface area contributed by atoms with Crippen molar-refractivity contribution in [2.45, 2.75) is 71.9 Å². The fourth-order valence-corrected chi connectivity index (χ4v) is 6.16. The average molecular weight is 355 g/mol. The number of hydrogen-bond acceptors (Lipinski definition) is 3. The van der Waals surface area contributed by atoms with Crippen molar-refractivity contribution < 1.29 is 13.3 Å². The van der Waals surface area contributed by atoms with E-state index in [0.29, 0.717) is 13.2 Å². The standard InChI is InChI=1S/C20H38O3Si/c1-8-14-20(15-9-2,16-10-3)17-18-24(21-12-5,22-13-6)23-19(7)11-4/h8-10,19H,1-3,11-18H2,4-7H3. The molecule has 0 N–H and O–H groups in total. The minimum atomic E-state index is -2.68.